The first-order chi connectivity index (χ1) is 9.54. The van der Waals surface area contributed by atoms with E-state index in [1.807, 2.05) is 31.2 Å². The van der Waals surface area contributed by atoms with E-state index in [0.29, 0.717) is 0 Å². The van der Waals surface area contributed by atoms with Crippen LogP contribution in [0.3, 0.4) is 0 Å². The molecule has 0 aliphatic rings. The number of amides is 1. The first-order valence-electron chi connectivity index (χ1n) is 6.10. The molecule has 2 rings (SSSR count). The Labute approximate surface area is 115 Å². The first-order valence-corrected chi connectivity index (χ1v) is 6.10. The largest absolute Gasteiger partial charge is 0.376 e. The second kappa shape index (κ2) is 6.14. The highest BCUT2D eigenvalue weighted by Crippen LogP contribution is 2.13. The Morgan fingerprint density at radius 1 is 1.05 bits per heavy atom. The van der Waals surface area contributed by atoms with Crippen LogP contribution in [0.2, 0.25) is 0 Å². The molecule has 2 N–H and O–H groups in total. The summed E-state index contributed by atoms with van der Waals surface area (Å²) in [6, 6.07) is 10.8. The minimum atomic E-state index is -0.991. The van der Waals surface area contributed by atoms with Crippen molar-refractivity contribution in [2.75, 3.05) is 17.2 Å². The molecule has 0 spiro atoms. The first kappa shape index (κ1) is 14.0. The Morgan fingerprint density at radius 2 is 1.85 bits per heavy atom. The molecule has 0 atom stereocenters. The molecular weight excluding hydrogens is 262 g/mol. The minimum Gasteiger partial charge on any atom is -0.376 e. The lowest BCUT2D eigenvalue weighted by Crippen LogP contribution is -2.21. The maximum atomic E-state index is 13.0. The van der Waals surface area contributed by atoms with E-state index in [-0.39, 0.29) is 18.1 Å². The third kappa shape index (κ3) is 3.78. The zero-order valence-corrected chi connectivity index (χ0v) is 10.9. The van der Waals surface area contributed by atoms with Crippen LogP contribution in [0, 0.1) is 18.6 Å². The Hall–Kier alpha value is -2.43. The van der Waals surface area contributed by atoms with Gasteiger partial charge in [0.1, 0.15) is 0 Å². The number of anilines is 2. The highest BCUT2D eigenvalue weighted by atomic mass is 19.2. The van der Waals surface area contributed by atoms with Gasteiger partial charge in [0.25, 0.3) is 0 Å². The van der Waals surface area contributed by atoms with Crippen LogP contribution >= 0.6 is 0 Å². The molecule has 0 aromatic heterocycles. The average molecular weight is 276 g/mol. The van der Waals surface area contributed by atoms with E-state index in [2.05, 4.69) is 10.6 Å². The molecular formula is C15H14F2N2O. The molecule has 104 valence electrons. The van der Waals surface area contributed by atoms with Gasteiger partial charge >= 0.3 is 0 Å². The Kier molecular flexibility index (Phi) is 4.30. The number of aryl methyl sites for hydroxylation is 1. The van der Waals surface area contributed by atoms with Crippen molar-refractivity contribution in [2.24, 2.45) is 0 Å². The Balaban J connectivity index is 1.91. The van der Waals surface area contributed by atoms with Gasteiger partial charge < -0.3 is 10.6 Å². The summed E-state index contributed by atoms with van der Waals surface area (Å²) in [4.78, 5) is 11.7. The van der Waals surface area contributed by atoms with Crippen molar-refractivity contribution in [1.29, 1.82) is 0 Å². The molecule has 0 heterocycles. The van der Waals surface area contributed by atoms with Gasteiger partial charge in [0.05, 0.1) is 6.54 Å². The highest BCUT2D eigenvalue weighted by molar-refractivity contribution is 5.93. The predicted octanol–water partition coefficient (Wildman–Crippen LogP) is 3.32. The summed E-state index contributed by atoms with van der Waals surface area (Å²) in [6.45, 7) is 2.00. The van der Waals surface area contributed by atoms with Gasteiger partial charge in [0, 0.05) is 17.4 Å². The number of hydrogen-bond donors (Lipinski definition) is 2. The van der Waals surface area contributed by atoms with Crippen LogP contribution in [-0.4, -0.2) is 12.5 Å². The lowest BCUT2D eigenvalue weighted by atomic mass is 10.2. The topological polar surface area (TPSA) is 41.1 Å². The summed E-state index contributed by atoms with van der Waals surface area (Å²) in [5.41, 5.74) is 2.13. The third-order valence-corrected chi connectivity index (χ3v) is 2.67. The van der Waals surface area contributed by atoms with Crippen molar-refractivity contribution in [3.63, 3.8) is 0 Å². The van der Waals surface area contributed by atoms with Gasteiger partial charge in [0.15, 0.2) is 11.6 Å². The zero-order chi connectivity index (χ0) is 14.5. The molecule has 0 saturated heterocycles. The summed E-state index contributed by atoms with van der Waals surface area (Å²) in [5, 5.41) is 5.44. The zero-order valence-electron chi connectivity index (χ0n) is 10.9. The van der Waals surface area contributed by atoms with E-state index in [0.717, 1.165) is 23.4 Å². The molecule has 3 nitrogen and oxygen atoms in total. The van der Waals surface area contributed by atoms with Crippen molar-refractivity contribution in [1.82, 2.24) is 0 Å². The minimum absolute atomic E-state index is 0.0441. The SMILES string of the molecule is Cc1cccc(NCC(=O)Nc2ccc(F)c(F)c2)c1. The molecule has 0 radical (unpaired) electrons. The van der Waals surface area contributed by atoms with Crippen molar-refractivity contribution in [3.05, 3.63) is 59.7 Å². The van der Waals surface area contributed by atoms with E-state index in [1.165, 1.54) is 6.07 Å². The molecule has 0 saturated carbocycles. The molecule has 2 aromatic rings. The average Bonchev–Trinajstić information content (AvgIpc) is 2.41. The summed E-state index contributed by atoms with van der Waals surface area (Å²) >= 11 is 0. The van der Waals surface area contributed by atoms with Crippen LogP contribution in [0.5, 0.6) is 0 Å². The lowest BCUT2D eigenvalue weighted by molar-refractivity contribution is -0.114. The van der Waals surface area contributed by atoms with Crippen LogP contribution < -0.4 is 10.6 Å². The maximum absolute atomic E-state index is 13.0. The van der Waals surface area contributed by atoms with Crippen LogP contribution in [0.25, 0.3) is 0 Å². The van der Waals surface area contributed by atoms with Gasteiger partial charge in [-0.05, 0) is 36.8 Å². The second-order valence-corrected chi connectivity index (χ2v) is 4.40. The number of carbonyl (C=O) groups excluding carboxylic acids is 1. The predicted molar refractivity (Wildman–Crippen MR) is 74.7 cm³/mol. The van der Waals surface area contributed by atoms with E-state index >= 15 is 0 Å². The number of benzene rings is 2. The fourth-order valence-electron chi connectivity index (χ4n) is 1.72. The van der Waals surface area contributed by atoms with Crippen molar-refractivity contribution < 1.29 is 13.6 Å². The number of rotatable bonds is 4. The lowest BCUT2D eigenvalue weighted by Gasteiger charge is -2.08. The number of halogens is 2. The molecule has 5 heteroatoms. The van der Waals surface area contributed by atoms with Gasteiger partial charge in [-0.1, -0.05) is 12.1 Å². The van der Waals surface area contributed by atoms with Gasteiger partial charge in [0.2, 0.25) is 5.91 Å². The summed E-state index contributed by atoms with van der Waals surface area (Å²) in [6.07, 6.45) is 0. The fourth-order valence-corrected chi connectivity index (χ4v) is 1.72. The monoisotopic (exact) mass is 276 g/mol. The van der Waals surface area contributed by atoms with E-state index in [1.54, 1.807) is 0 Å². The van der Waals surface area contributed by atoms with Crippen molar-refractivity contribution in [2.45, 2.75) is 6.92 Å². The normalized spacial score (nSPS) is 10.2. The smallest absolute Gasteiger partial charge is 0.243 e. The molecule has 0 unspecified atom stereocenters. The number of hydrogen-bond acceptors (Lipinski definition) is 2. The summed E-state index contributed by atoms with van der Waals surface area (Å²) < 4.78 is 25.7. The van der Waals surface area contributed by atoms with Crippen LogP contribution in [0.1, 0.15) is 5.56 Å². The quantitative estimate of drug-likeness (QED) is 0.899. The highest BCUT2D eigenvalue weighted by Gasteiger charge is 2.06. The van der Waals surface area contributed by atoms with Gasteiger partial charge in [-0.3, -0.25) is 4.79 Å². The van der Waals surface area contributed by atoms with Crippen LogP contribution in [-0.2, 0) is 4.79 Å². The molecule has 1 amide bonds. The molecule has 0 bridgehead atoms. The number of carbonyl (C=O) groups is 1. The van der Waals surface area contributed by atoms with Gasteiger partial charge in [-0.15, -0.1) is 0 Å². The summed E-state index contributed by atoms with van der Waals surface area (Å²) in [5.74, 6) is -2.27. The molecule has 0 aliphatic carbocycles. The molecule has 0 fully saturated rings. The van der Waals surface area contributed by atoms with E-state index in [4.69, 9.17) is 0 Å². The van der Waals surface area contributed by atoms with Crippen molar-refractivity contribution in [3.8, 4) is 0 Å². The molecule has 20 heavy (non-hydrogen) atoms. The number of nitrogens with one attached hydrogen (secondary N) is 2. The summed E-state index contributed by atoms with van der Waals surface area (Å²) in [7, 11) is 0. The maximum Gasteiger partial charge on any atom is 0.243 e. The van der Waals surface area contributed by atoms with Crippen LogP contribution in [0.4, 0.5) is 20.2 Å². The molecule has 2 aromatic carbocycles. The van der Waals surface area contributed by atoms with E-state index in [9.17, 15) is 13.6 Å². The molecule has 0 aliphatic heterocycles. The van der Waals surface area contributed by atoms with Crippen LogP contribution in [0.15, 0.2) is 42.5 Å². The third-order valence-electron chi connectivity index (χ3n) is 2.67. The van der Waals surface area contributed by atoms with E-state index < -0.39 is 11.6 Å². The standard InChI is InChI=1S/C15H14F2N2O/c1-10-3-2-4-11(7-10)18-9-15(20)19-12-5-6-13(16)14(17)8-12/h2-8,18H,9H2,1H3,(H,19,20). The van der Waals surface area contributed by atoms with Gasteiger partial charge in [-0.2, -0.15) is 0 Å². The van der Waals surface area contributed by atoms with Gasteiger partial charge in [-0.25, -0.2) is 8.78 Å². The Bertz CT molecular complexity index is 629. The fraction of sp³-hybridized carbons (Fsp3) is 0.133. The second-order valence-electron chi connectivity index (χ2n) is 4.40. The van der Waals surface area contributed by atoms with Crippen molar-refractivity contribution >= 4 is 17.3 Å². The Morgan fingerprint density at radius 3 is 2.55 bits per heavy atom.